The van der Waals surface area contributed by atoms with Crippen molar-refractivity contribution in [2.24, 2.45) is 50.2 Å². The van der Waals surface area contributed by atoms with E-state index < -0.39 is 285 Å². The zero-order valence-electron chi connectivity index (χ0n) is 57.3. The van der Waals surface area contributed by atoms with Crippen molar-refractivity contribution in [3.63, 3.8) is 0 Å². The van der Waals surface area contributed by atoms with Gasteiger partial charge in [-0.2, -0.15) is 0 Å². The van der Waals surface area contributed by atoms with Gasteiger partial charge in [-0.25, -0.2) is 0 Å². The molecule has 5 aliphatic carbocycles. The smallest absolute Gasteiger partial charge is 0.317 e. The first kappa shape index (κ1) is 80.1. The SMILES string of the molecule is CC1(C)CC[C@]2(C(=O)O[C@@H]3O[C@H](CO[C@@H]4O[C@H](COC(=O)C[C@](C)(O)CC(=O)O)[C@@H](O)[C@H](O)[C@H]4O)[C@@H](O)[C@H](O[C@@H]4O[C@H](CO[C@H]5O[C@H](CO)[C@H](O)[C@H](O)[C@H]5O)[C@@H](O[C@H]5O[C@H](CO)[C@@H](O)[C@H](O)[C@@H]5O)[C@H](O)[C@H]4O)[C@H]3O)[C@H](O)C[C@]3(C)C(=CC[C@@H]4[C@@]5(C)CC[C@H](O)[C@@](C)(C(=O)O)[C@@H]5CC[C@]43C)[C@@H]2C1. The molecule has 0 unspecified atom stereocenters. The van der Waals surface area contributed by atoms with E-state index in [9.17, 15) is 117 Å². The van der Waals surface area contributed by atoms with Crippen LogP contribution in [0.15, 0.2) is 11.6 Å². The molecule has 0 aromatic heterocycles. The van der Waals surface area contributed by atoms with Crippen LogP contribution in [0, 0.1) is 50.2 Å². The van der Waals surface area contributed by atoms with E-state index in [4.69, 9.17) is 52.1 Å². The van der Waals surface area contributed by atoms with E-state index in [0.717, 1.165) is 12.5 Å². The molecule has 4 saturated carbocycles. The maximum Gasteiger partial charge on any atom is 0.317 e. The van der Waals surface area contributed by atoms with Crippen molar-refractivity contribution in [2.45, 2.75) is 290 Å². The molecule has 5 heterocycles. The van der Waals surface area contributed by atoms with Crippen LogP contribution in [0.25, 0.3) is 0 Å². The normalized spacial score (nSPS) is 50.4. The number of aliphatic hydroxyl groups excluding tert-OH is 17. The minimum Gasteiger partial charge on any atom is -0.481 e. The van der Waals surface area contributed by atoms with Crippen LogP contribution in [0.2, 0.25) is 0 Å². The van der Waals surface area contributed by atoms with Crippen LogP contribution in [-0.4, -0.2) is 330 Å². The lowest BCUT2D eigenvalue weighted by molar-refractivity contribution is -0.385. The Morgan fingerprint density at radius 2 is 1.02 bits per heavy atom. The van der Waals surface area contributed by atoms with Gasteiger partial charge in [-0.05, 0) is 111 Å². The molecule has 10 aliphatic rings. The average molecular weight is 1460 g/mol. The average Bonchev–Trinajstić information content (AvgIpc) is 0.670. The molecule has 0 spiro atoms. The second-order valence-corrected chi connectivity index (χ2v) is 31.8. The largest absolute Gasteiger partial charge is 0.481 e. The zero-order chi connectivity index (χ0) is 74.5. The van der Waals surface area contributed by atoms with Gasteiger partial charge in [0.05, 0.1) is 62.5 Å². The maximum atomic E-state index is 15.9. The number of hydrogen-bond donors (Lipinski definition) is 20. The second kappa shape index (κ2) is 29.9. The van der Waals surface area contributed by atoms with Crippen LogP contribution in [0.1, 0.15) is 119 Å². The minimum atomic E-state index is -2.38. The molecule has 35 heteroatoms. The predicted molar refractivity (Wildman–Crippen MR) is 330 cm³/mol. The Bertz CT molecular complexity index is 2950. The van der Waals surface area contributed by atoms with Gasteiger partial charge in [-0.3, -0.25) is 19.2 Å². The van der Waals surface area contributed by atoms with Gasteiger partial charge in [0.15, 0.2) is 25.2 Å². The Labute approximate surface area is 580 Å². The van der Waals surface area contributed by atoms with Crippen LogP contribution in [-0.2, 0) is 71.3 Å². The van der Waals surface area contributed by atoms with Crippen LogP contribution >= 0.6 is 0 Å². The third-order valence-electron chi connectivity index (χ3n) is 24.9. The molecular weight excluding hydrogens is 1350 g/mol. The fraction of sp³-hybridized carbons (Fsp3) is 0.909. The summed E-state index contributed by atoms with van der Waals surface area (Å²) in [5, 5.41) is 221. The van der Waals surface area contributed by atoms with Crippen molar-refractivity contribution < 1.29 is 173 Å². The molecule has 578 valence electrons. The molecule has 0 aromatic rings. The van der Waals surface area contributed by atoms with Gasteiger partial charge in [0.1, 0.15) is 134 Å². The number of esters is 2. The van der Waals surface area contributed by atoms with E-state index in [1.54, 1.807) is 6.92 Å². The summed E-state index contributed by atoms with van der Waals surface area (Å²) in [6.07, 6.45) is -50.2. The highest BCUT2D eigenvalue weighted by molar-refractivity contribution is 5.80. The lowest BCUT2D eigenvalue weighted by Gasteiger charge is -2.71. The summed E-state index contributed by atoms with van der Waals surface area (Å²) < 4.78 is 64.3. The lowest BCUT2D eigenvalue weighted by Crippen LogP contribution is -2.69. The topological polar surface area (TPSA) is 574 Å². The molecular formula is C66H104O35. The highest BCUT2D eigenvalue weighted by atomic mass is 16.8. The maximum absolute atomic E-state index is 15.9. The van der Waals surface area contributed by atoms with E-state index in [2.05, 4.69) is 26.8 Å². The number of carbonyl (C=O) groups is 4. The van der Waals surface area contributed by atoms with E-state index in [0.29, 0.717) is 38.5 Å². The fourth-order valence-electron chi connectivity index (χ4n) is 18.7. The van der Waals surface area contributed by atoms with Gasteiger partial charge in [0.2, 0.25) is 6.29 Å². The number of allylic oxidation sites excluding steroid dienone is 2. The first-order valence-electron chi connectivity index (χ1n) is 34.6. The van der Waals surface area contributed by atoms with Crippen molar-refractivity contribution in [3.05, 3.63) is 11.6 Å². The van der Waals surface area contributed by atoms with Gasteiger partial charge in [0.25, 0.3) is 0 Å². The first-order chi connectivity index (χ1) is 47.1. The standard InChI is InChI=1S/C66H104O35/c1-60(2)14-15-66(26(16-60)25-8-9-32-62(4)12-11-34(69)65(7,58(87)88)33(62)10-13-63(32,5)64(25,6)17-35(66)70)59(89)101-57-50(86)52(41(77)30(97-57)23-92-54-47(83)44(80)40(76)29(96-54)22-91-37(73)19-61(3,90)18-36(71)72)100-56-49(85)45(81)51(99-55-48(84)43(79)39(75)28(21-68)95-55)31(98-56)24-93-53-46(82)42(78)38(74)27(20-67)94-53/h8,26-35,38-57,67-70,74-86,90H,9-24H2,1-7H3,(H,71,72)(H,87,88)/t26-,27+,28+,29+,30+,31+,32+,33+,34-,35+,38-,39+,40+,41+,42-,43-,44-,45+,46+,47+,48-,49+,50+,51+,52-,53-,54+,55+,56-,57-,61+,62+,63+,64+,65-,66+/m0/s1. The molecule has 5 aliphatic heterocycles. The molecule has 35 nitrogen and oxygen atoms in total. The molecule has 0 amide bonds. The van der Waals surface area contributed by atoms with Crippen molar-refractivity contribution in [1.82, 2.24) is 0 Å². The molecule has 20 N–H and O–H groups in total. The van der Waals surface area contributed by atoms with Crippen LogP contribution in [0.3, 0.4) is 0 Å². The molecule has 0 aromatic carbocycles. The minimum absolute atomic E-state index is 0.00398. The first-order valence-corrected chi connectivity index (χ1v) is 34.6. The second-order valence-electron chi connectivity index (χ2n) is 31.8. The summed E-state index contributed by atoms with van der Waals surface area (Å²) in [7, 11) is 0. The number of carbonyl (C=O) groups excluding carboxylic acids is 2. The van der Waals surface area contributed by atoms with E-state index in [1.807, 2.05) is 13.8 Å². The highest BCUT2D eigenvalue weighted by Crippen LogP contribution is 2.76. The van der Waals surface area contributed by atoms with E-state index in [-0.39, 0.29) is 25.2 Å². The monoisotopic (exact) mass is 1460 g/mol. The fourth-order valence-corrected chi connectivity index (χ4v) is 18.7. The number of rotatable bonds is 21. The Balaban J connectivity index is 0.963. The van der Waals surface area contributed by atoms with Crippen LogP contribution < -0.4 is 0 Å². The van der Waals surface area contributed by atoms with Crippen molar-refractivity contribution >= 4 is 23.9 Å². The van der Waals surface area contributed by atoms with Crippen molar-refractivity contribution in [2.75, 3.05) is 33.0 Å². The Kier molecular flexibility index (Phi) is 23.7. The number of fused-ring (bicyclic) bond motifs is 7. The molecule has 0 radical (unpaired) electrons. The summed E-state index contributed by atoms with van der Waals surface area (Å²) in [4.78, 5) is 53.1. The zero-order valence-corrected chi connectivity index (χ0v) is 57.3. The summed E-state index contributed by atoms with van der Waals surface area (Å²) >= 11 is 0. The molecule has 36 atom stereocenters. The van der Waals surface area contributed by atoms with E-state index >= 15 is 4.79 Å². The third-order valence-corrected chi connectivity index (χ3v) is 24.9. The van der Waals surface area contributed by atoms with Crippen LogP contribution in [0.5, 0.6) is 0 Å². The molecule has 5 saturated heterocycles. The molecule has 9 fully saturated rings. The Hall–Kier alpha value is -3.46. The Morgan fingerprint density at radius 3 is 1.59 bits per heavy atom. The van der Waals surface area contributed by atoms with Gasteiger partial charge in [-0.15, -0.1) is 0 Å². The Morgan fingerprint density at radius 1 is 0.515 bits per heavy atom. The predicted octanol–water partition coefficient (Wildman–Crippen LogP) is -6.01. The lowest BCUT2D eigenvalue weighted by atomic mass is 9.33. The van der Waals surface area contributed by atoms with Gasteiger partial charge >= 0.3 is 23.9 Å². The highest BCUT2D eigenvalue weighted by Gasteiger charge is 2.73. The summed E-state index contributed by atoms with van der Waals surface area (Å²) in [5.41, 5.74) is -6.90. The molecule has 10 rings (SSSR count). The van der Waals surface area contributed by atoms with Crippen molar-refractivity contribution in [3.8, 4) is 0 Å². The van der Waals surface area contributed by atoms with Gasteiger partial charge in [-0.1, -0.05) is 46.3 Å². The van der Waals surface area contributed by atoms with E-state index in [1.165, 1.54) is 0 Å². The number of aliphatic hydroxyl groups is 18. The summed E-state index contributed by atoms with van der Waals surface area (Å²) in [5.74, 6) is -6.07. The number of carboxylic acid groups (broad SMARTS) is 2. The quantitative estimate of drug-likeness (QED) is 0.0376. The number of carboxylic acids is 2. The van der Waals surface area contributed by atoms with Gasteiger partial charge in [0, 0.05) is 0 Å². The summed E-state index contributed by atoms with van der Waals surface area (Å²) in [6, 6.07) is 0. The number of aliphatic carboxylic acids is 2. The third kappa shape index (κ3) is 14.4. The molecule has 0 bridgehead atoms. The van der Waals surface area contributed by atoms with Crippen LogP contribution in [0.4, 0.5) is 0 Å². The van der Waals surface area contributed by atoms with Gasteiger partial charge < -0.3 is 154 Å². The number of ether oxygens (including phenoxy) is 11. The van der Waals surface area contributed by atoms with Crippen molar-refractivity contribution in [1.29, 1.82) is 0 Å². The molecule has 101 heavy (non-hydrogen) atoms. The number of hydrogen-bond acceptors (Lipinski definition) is 33. The summed E-state index contributed by atoms with van der Waals surface area (Å²) in [6.45, 7) is 8.34.